The van der Waals surface area contributed by atoms with Crippen molar-refractivity contribution in [3.8, 4) is 5.40 Å². The van der Waals surface area contributed by atoms with Gasteiger partial charge in [0.25, 0.3) is 0 Å². The molecule has 0 aliphatic carbocycles. The lowest BCUT2D eigenvalue weighted by Gasteiger charge is -2.07. The summed E-state index contributed by atoms with van der Waals surface area (Å²) in [6.07, 6.45) is 0. The number of nitrogens with zero attached hydrogens (tertiary/aromatic N) is 1. The predicted octanol–water partition coefficient (Wildman–Crippen LogP) is 3.00. The van der Waals surface area contributed by atoms with Gasteiger partial charge in [0.15, 0.2) is 0 Å². The minimum atomic E-state index is 0.468. The molecule has 1 aromatic rings. The summed E-state index contributed by atoms with van der Waals surface area (Å²) in [4.78, 5) is 0. The molecule has 2 heteroatoms. The molecule has 1 aromatic carbocycles. The van der Waals surface area contributed by atoms with Crippen LogP contribution in [0.4, 0.5) is 0 Å². The molecule has 0 aliphatic rings. The van der Waals surface area contributed by atoms with Crippen molar-refractivity contribution in [3.63, 3.8) is 0 Å². The molecule has 1 unspecified atom stereocenters. The molecule has 0 saturated carbocycles. The largest absolute Gasteiger partial charge is 0.185 e. The third-order valence-corrected chi connectivity index (χ3v) is 2.56. The van der Waals surface area contributed by atoms with Crippen LogP contribution in [0, 0.1) is 10.7 Å². The van der Waals surface area contributed by atoms with E-state index in [-0.39, 0.29) is 0 Å². The van der Waals surface area contributed by atoms with Crippen molar-refractivity contribution in [2.24, 2.45) is 0 Å². The van der Waals surface area contributed by atoms with Gasteiger partial charge in [0, 0.05) is 5.75 Å². The quantitative estimate of drug-likeness (QED) is 0.663. The maximum atomic E-state index is 8.38. The number of hydrogen-bond acceptors (Lipinski definition) is 2. The Balaban J connectivity index is 2.55. The fourth-order valence-electron chi connectivity index (χ4n) is 1.04. The van der Waals surface area contributed by atoms with Crippen molar-refractivity contribution in [1.29, 1.82) is 5.26 Å². The second-order valence-electron chi connectivity index (χ2n) is 2.71. The van der Waals surface area contributed by atoms with Crippen molar-refractivity contribution in [1.82, 2.24) is 0 Å². The van der Waals surface area contributed by atoms with E-state index in [4.69, 9.17) is 5.26 Å². The Kier molecular flexibility index (Phi) is 3.69. The highest BCUT2D eigenvalue weighted by Crippen LogP contribution is 2.18. The van der Waals surface area contributed by atoms with E-state index in [1.54, 1.807) is 0 Å². The molecule has 0 aromatic heterocycles. The first kappa shape index (κ1) is 9.15. The zero-order chi connectivity index (χ0) is 8.81. The van der Waals surface area contributed by atoms with Crippen LogP contribution in [0.5, 0.6) is 0 Å². The van der Waals surface area contributed by atoms with Crippen molar-refractivity contribution in [3.05, 3.63) is 35.9 Å². The molecule has 0 fully saturated rings. The topological polar surface area (TPSA) is 23.8 Å². The predicted molar refractivity (Wildman–Crippen MR) is 52.9 cm³/mol. The molecule has 1 atom stereocenters. The molecule has 12 heavy (non-hydrogen) atoms. The molecular formula is C10H11NS. The standard InChI is InChI=1S/C10H11NS/c1-9(7-12-8-11)10-5-3-2-4-6-10/h2-6,9H,7H2,1H3. The van der Waals surface area contributed by atoms with Crippen molar-refractivity contribution in [2.75, 3.05) is 5.75 Å². The van der Waals surface area contributed by atoms with Crippen LogP contribution >= 0.6 is 11.8 Å². The highest BCUT2D eigenvalue weighted by Gasteiger charge is 2.03. The Bertz CT molecular complexity index is 263. The highest BCUT2D eigenvalue weighted by atomic mass is 32.2. The van der Waals surface area contributed by atoms with Crippen LogP contribution < -0.4 is 0 Å². The minimum absolute atomic E-state index is 0.468. The first-order valence-corrected chi connectivity index (χ1v) is 4.89. The van der Waals surface area contributed by atoms with Crippen molar-refractivity contribution >= 4 is 11.8 Å². The van der Waals surface area contributed by atoms with Gasteiger partial charge in [0.2, 0.25) is 0 Å². The smallest absolute Gasteiger partial charge is 0.133 e. The van der Waals surface area contributed by atoms with E-state index >= 15 is 0 Å². The maximum absolute atomic E-state index is 8.38. The molecule has 0 radical (unpaired) electrons. The lowest BCUT2D eigenvalue weighted by Crippen LogP contribution is -1.94. The molecule has 0 spiro atoms. The van der Waals surface area contributed by atoms with Crippen LogP contribution in [0.2, 0.25) is 0 Å². The van der Waals surface area contributed by atoms with Gasteiger partial charge in [-0.05, 0) is 23.2 Å². The van der Waals surface area contributed by atoms with Gasteiger partial charge in [-0.3, -0.25) is 0 Å². The van der Waals surface area contributed by atoms with Crippen LogP contribution in [0.25, 0.3) is 0 Å². The first-order chi connectivity index (χ1) is 5.84. The maximum Gasteiger partial charge on any atom is 0.133 e. The van der Waals surface area contributed by atoms with E-state index in [9.17, 15) is 0 Å². The van der Waals surface area contributed by atoms with Crippen LogP contribution in [0.3, 0.4) is 0 Å². The summed E-state index contributed by atoms with van der Waals surface area (Å²) in [5.41, 5.74) is 1.31. The third kappa shape index (κ3) is 2.60. The van der Waals surface area contributed by atoms with Gasteiger partial charge in [-0.1, -0.05) is 37.3 Å². The van der Waals surface area contributed by atoms with Gasteiger partial charge >= 0.3 is 0 Å². The van der Waals surface area contributed by atoms with Crippen molar-refractivity contribution < 1.29 is 0 Å². The average molecular weight is 177 g/mol. The Labute approximate surface area is 77.4 Å². The van der Waals surface area contributed by atoms with E-state index in [2.05, 4.69) is 24.5 Å². The van der Waals surface area contributed by atoms with E-state index in [1.807, 2.05) is 18.2 Å². The van der Waals surface area contributed by atoms with Gasteiger partial charge in [-0.15, -0.1) is 0 Å². The summed E-state index contributed by atoms with van der Waals surface area (Å²) in [6.45, 7) is 2.14. The lowest BCUT2D eigenvalue weighted by molar-refractivity contribution is 0.882. The molecule has 0 N–H and O–H groups in total. The summed E-state index contributed by atoms with van der Waals surface area (Å²) in [5.74, 6) is 1.34. The molecule has 62 valence electrons. The normalized spacial score (nSPS) is 12.0. The highest BCUT2D eigenvalue weighted by molar-refractivity contribution is 8.03. The van der Waals surface area contributed by atoms with E-state index < -0.39 is 0 Å². The summed E-state index contributed by atoms with van der Waals surface area (Å²) in [5, 5.41) is 10.5. The van der Waals surface area contributed by atoms with E-state index in [0.29, 0.717) is 5.92 Å². The van der Waals surface area contributed by atoms with Gasteiger partial charge in [-0.2, -0.15) is 5.26 Å². The zero-order valence-electron chi connectivity index (χ0n) is 7.03. The Hall–Kier alpha value is -0.940. The number of thioether (sulfide) groups is 1. The number of hydrogen-bond donors (Lipinski definition) is 0. The molecule has 1 rings (SSSR count). The van der Waals surface area contributed by atoms with Crippen LogP contribution in [0.1, 0.15) is 18.4 Å². The summed E-state index contributed by atoms with van der Waals surface area (Å²) in [6, 6.07) is 10.3. The van der Waals surface area contributed by atoms with E-state index in [0.717, 1.165) is 5.75 Å². The monoisotopic (exact) mass is 177 g/mol. The summed E-state index contributed by atoms with van der Waals surface area (Å²) in [7, 11) is 0. The second-order valence-corrected chi connectivity index (χ2v) is 3.52. The van der Waals surface area contributed by atoms with Gasteiger partial charge in [0.1, 0.15) is 5.40 Å². The Morgan fingerprint density at radius 2 is 2.08 bits per heavy atom. The van der Waals surface area contributed by atoms with Crippen molar-refractivity contribution in [2.45, 2.75) is 12.8 Å². The summed E-state index contributed by atoms with van der Waals surface area (Å²) < 4.78 is 0. The Morgan fingerprint density at radius 1 is 1.42 bits per heavy atom. The SMILES string of the molecule is CC(CSC#N)c1ccccc1. The molecule has 0 saturated heterocycles. The van der Waals surface area contributed by atoms with Gasteiger partial charge in [0.05, 0.1) is 0 Å². The van der Waals surface area contributed by atoms with Crippen LogP contribution in [-0.2, 0) is 0 Å². The van der Waals surface area contributed by atoms with Crippen LogP contribution in [0.15, 0.2) is 30.3 Å². The fraction of sp³-hybridized carbons (Fsp3) is 0.300. The van der Waals surface area contributed by atoms with E-state index in [1.165, 1.54) is 17.3 Å². The third-order valence-electron chi connectivity index (χ3n) is 1.77. The Morgan fingerprint density at radius 3 is 2.67 bits per heavy atom. The molecule has 0 amide bonds. The van der Waals surface area contributed by atoms with Crippen LogP contribution in [-0.4, -0.2) is 5.75 Å². The van der Waals surface area contributed by atoms with Gasteiger partial charge < -0.3 is 0 Å². The zero-order valence-corrected chi connectivity index (χ0v) is 7.84. The number of benzene rings is 1. The first-order valence-electron chi connectivity index (χ1n) is 3.90. The number of nitriles is 1. The number of thiocyanates is 1. The summed E-state index contributed by atoms with van der Waals surface area (Å²) >= 11 is 1.32. The molecular weight excluding hydrogens is 166 g/mol. The average Bonchev–Trinajstić information content (AvgIpc) is 2.15. The van der Waals surface area contributed by atoms with Gasteiger partial charge in [-0.25, -0.2) is 0 Å². The molecule has 1 nitrogen and oxygen atoms in total. The lowest BCUT2D eigenvalue weighted by atomic mass is 10.0. The number of rotatable bonds is 3. The fourth-order valence-corrected chi connectivity index (χ4v) is 1.56. The molecule has 0 aliphatic heterocycles. The minimum Gasteiger partial charge on any atom is -0.185 e. The molecule has 0 bridgehead atoms. The molecule has 0 heterocycles. The second kappa shape index (κ2) is 4.84.